The van der Waals surface area contributed by atoms with Crippen LogP contribution in [-0.2, 0) is 14.2 Å². The molecule has 0 bridgehead atoms. The molecule has 1 aliphatic carbocycles. The van der Waals surface area contributed by atoms with Crippen molar-refractivity contribution in [1.29, 1.82) is 0 Å². The Balaban J connectivity index is 1.85. The van der Waals surface area contributed by atoms with Crippen molar-refractivity contribution in [3.63, 3.8) is 0 Å². The molecule has 2 fully saturated rings. The highest BCUT2D eigenvalue weighted by atomic mass is 19.2. The van der Waals surface area contributed by atoms with Crippen LogP contribution < -0.4 is 5.32 Å². The zero-order chi connectivity index (χ0) is 17.2. The van der Waals surface area contributed by atoms with E-state index in [0.29, 0.717) is 18.9 Å². The Morgan fingerprint density at radius 3 is 2.79 bits per heavy atom. The summed E-state index contributed by atoms with van der Waals surface area (Å²) in [5.74, 6) is -1.42. The van der Waals surface area contributed by atoms with Crippen LogP contribution in [0.25, 0.3) is 0 Å². The Bertz CT molecular complexity index is 571. The number of nitrogens with one attached hydrogen (secondary N) is 1. The van der Waals surface area contributed by atoms with E-state index in [-0.39, 0.29) is 18.1 Å². The summed E-state index contributed by atoms with van der Waals surface area (Å²) in [6, 6.07) is 3.87. The summed E-state index contributed by atoms with van der Waals surface area (Å²) in [7, 11) is 3.40. The molecule has 1 saturated carbocycles. The first kappa shape index (κ1) is 17.6. The van der Waals surface area contributed by atoms with E-state index in [1.807, 2.05) is 0 Å². The molecule has 134 valence electrons. The predicted octanol–water partition coefficient (Wildman–Crippen LogP) is 3.37. The van der Waals surface area contributed by atoms with Gasteiger partial charge in [-0.05, 0) is 37.8 Å². The van der Waals surface area contributed by atoms with Crippen molar-refractivity contribution in [3.8, 4) is 0 Å². The molecule has 1 heterocycles. The van der Waals surface area contributed by atoms with Gasteiger partial charge in [0.05, 0.1) is 18.8 Å². The van der Waals surface area contributed by atoms with Gasteiger partial charge >= 0.3 is 0 Å². The van der Waals surface area contributed by atoms with E-state index in [4.69, 9.17) is 14.2 Å². The molecule has 3 rings (SSSR count). The van der Waals surface area contributed by atoms with E-state index in [2.05, 4.69) is 5.32 Å². The van der Waals surface area contributed by atoms with Gasteiger partial charge in [0.15, 0.2) is 11.6 Å². The molecule has 1 aliphatic heterocycles. The third-order valence-corrected chi connectivity index (χ3v) is 5.36. The van der Waals surface area contributed by atoms with Gasteiger partial charge in [0.25, 0.3) is 0 Å². The maximum Gasteiger partial charge on any atom is 0.160 e. The van der Waals surface area contributed by atoms with Crippen molar-refractivity contribution >= 4 is 5.69 Å². The number of fused-ring (bicyclic) bond motifs is 1. The lowest BCUT2D eigenvalue weighted by Crippen LogP contribution is -2.65. The monoisotopic (exact) mass is 341 g/mol. The van der Waals surface area contributed by atoms with E-state index < -0.39 is 17.2 Å². The molecule has 1 N–H and O–H groups in total. The second-order valence-corrected chi connectivity index (χ2v) is 6.67. The second-order valence-electron chi connectivity index (χ2n) is 6.67. The highest BCUT2D eigenvalue weighted by Crippen LogP contribution is 2.44. The zero-order valence-corrected chi connectivity index (χ0v) is 14.2. The Labute approximate surface area is 141 Å². The first-order valence-corrected chi connectivity index (χ1v) is 8.48. The van der Waals surface area contributed by atoms with Gasteiger partial charge in [-0.1, -0.05) is 0 Å². The van der Waals surface area contributed by atoms with Crippen molar-refractivity contribution in [1.82, 2.24) is 0 Å². The van der Waals surface area contributed by atoms with Gasteiger partial charge in [0.1, 0.15) is 5.60 Å². The number of benzene rings is 1. The molecule has 4 atom stereocenters. The molecule has 24 heavy (non-hydrogen) atoms. The SMILES string of the molecule is COCC1CC[C@H](Nc2ccc(F)c(F)c2)[C@]2(OC)CCCO[C@H]12. The Hall–Kier alpha value is -1.24. The van der Waals surface area contributed by atoms with Crippen molar-refractivity contribution in [2.75, 3.05) is 32.8 Å². The summed E-state index contributed by atoms with van der Waals surface area (Å²) < 4.78 is 44.1. The number of rotatable bonds is 5. The van der Waals surface area contributed by atoms with Crippen molar-refractivity contribution in [3.05, 3.63) is 29.8 Å². The molecule has 0 aromatic heterocycles. The lowest BCUT2D eigenvalue weighted by atomic mass is 9.69. The van der Waals surface area contributed by atoms with Gasteiger partial charge in [-0.15, -0.1) is 0 Å². The summed E-state index contributed by atoms with van der Waals surface area (Å²) in [5, 5.41) is 3.35. The van der Waals surface area contributed by atoms with Crippen LogP contribution in [-0.4, -0.2) is 45.2 Å². The molecule has 0 spiro atoms. The summed E-state index contributed by atoms with van der Waals surface area (Å²) >= 11 is 0. The van der Waals surface area contributed by atoms with E-state index in [1.165, 1.54) is 6.07 Å². The summed E-state index contributed by atoms with van der Waals surface area (Å²) in [6.45, 7) is 1.35. The minimum atomic E-state index is -0.851. The quantitative estimate of drug-likeness (QED) is 0.891. The number of ether oxygens (including phenoxy) is 3. The molecule has 2 aliphatic rings. The van der Waals surface area contributed by atoms with Gasteiger partial charge < -0.3 is 19.5 Å². The van der Waals surface area contributed by atoms with Crippen LogP contribution in [0.15, 0.2) is 18.2 Å². The summed E-state index contributed by atoms with van der Waals surface area (Å²) in [4.78, 5) is 0. The summed E-state index contributed by atoms with van der Waals surface area (Å²) in [6.07, 6.45) is 3.52. The van der Waals surface area contributed by atoms with Crippen LogP contribution in [0.3, 0.4) is 0 Å². The maximum atomic E-state index is 13.5. The van der Waals surface area contributed by atoms with Crippen LogP contribution in [0.1, 0.15) is 25.7 Å². The van der Waals surface area contributed by atoms with E-state index in [9.17, 15) is 8.78 Å². The standard InChI is InChI=1S/C18H25F2NO3/c1-22-11-12-4-7-16(18(23-2)8-3-9-24-17(12)18)21-13-5-6-14(19)15(20)10-13/h5-6,10,12,16-17,21H,3-4,7-9,11H2,1-2H3/t12?,16-,17+,18+/m0/s1. The smallest absolute Gasteiger partial charge is 0.160 e. The topological polar surface area (TPSA) is 39.7 Å². The molecular formula is C18H25F2NO3. The molecule has 1 unspecified atom stereocenters. The average molecular weight is 341 g/mol. The predicted molar refractivity (Wildman–Crippen MR) is 87.1 cm³/mol. The molecule has 1 aromatic rings. The molecule has 1 saturated heterocycles. The lowest BCUT2D eigenvalue weighted by Gasteiger charge is -2.54. The summed E-state index contributed by atoms with van der Waals surface area (Å²) in [5.41, 5.74) is 0.0784. The number of anilines is 1. The largest absolute Gasteiger partial charge is 0.384 e. The maximum absolute atomic E-state index is 13.5. The molecule has 0 amide bonds. The Morgan fingerprint density at radius 2 is 2.08 bits per heavy atom. The van der Waals surface area contributed by atoms with Crippen LogP contribution in [0.5, 0.6) is 0 Å². The zero-order valence-electron chi connectivity index (χ0n) is 14.2. The number of hydrogen-bond acceptors (Lipinski definition) is 4. The Morgan fingerprint density at radius 1 is 1.25 bits per heavy atom. The van der Waals surface area contributed by atoms with Crippen LogP contribution in [0.4, 0.5) is 14.5 Å². The van der Waals surface area contributed by atoms with Gasteiger partial charge in [0.2, 0.25) is 0 Å². The van der Waals surface area contributed by atoms with E-state index in [1.54, 1.807) is 20.3 Å². The van der Waals surface area contributed by atoms with E-state index >= 15 is 0 Å². The van der Waals surface area contributed by atoms with Crippen LogP contribution in [0.2, 0.25) is 0 Å². The fourth-order valence-electron chi connectivity index (χ4n) is 4.25. The number of methoxy groups -OCH3 is 2. The molecule has 1 aromatic carbocycles. The van der Waals surface area contributed by atoms with Crippen LogP contribution >= 0.6 is 0 Å². The minimum Gasteiger partial charge on any atom is -0.384 e. The molecule has 0 radical (unpaired) electrons. The number of halogens is 2. The van der Waals surface area contributed by atoms with E-state index in [0.717, 1.165) is 31.7 Å². The molecule has 6 heteroatoms. The third-order valence-electron chi connectivity index (χ3n) is 5.36. The number of hydrogen-bond donors (Lipinski definition) is 1. The van der Waals surface area contributed by atoms with Crippen molar-refractivity contribution < 1.29 is 23.0 Å². The molecular weight excluding hydrogens is 316 g/mol. The van der Waals surface area contributed by atoms with Gasteiger partial charge in [-0.2, -0.15) is 0 Å². The fourth-order valence-corrected chi connectivity index (χ4v) is 4.25. The highest BCUT2D eigenvalue weighted by molar-refractivity contribution is 5.45. The second kappa shape index (κ2) is 7.33. The first-order chi connectivity index (χ1) is 11.6. The third kappa shape index (κ3) is 3.15. The molecule has 4 nitrogen and oxygen atoms in total. The normalized spacial score (nSPS) is 33.1. The average Bonchev–Trinajstić information content (AvgIpc) is 2.60. The minimum absolute atomic E-state index is 0.0224. The van der Waals surface area contributed by atoms with Gasteiger partial charge in [-0.25, -0.2) is 8.78 Å². The lowest BCUT2D eigenvalue weighted by molar-refractivity contribution is -0.210. The van der Waals surface area contributed by atoms with Gasteiger partial charge in [-0.3, -0.25) is 0 Å². The Kier molecular flexibility index (Phi) is 5.37. The fraction of sp³-hybridized carbons (Fsp3) is 0.667. The van der Waals surface area contributed by atoms with Gasteiger partial charge in [0, 0.05) is 38.5 Å². The first-order valence-electron chi connectivity index (χ1n) is 8.48. The van der Waals surface area contributed by atoms with Crippen molar-refractivity contribution in [2.45, 2.75) is 43.4 Å². The van der Waals surface area contributed by atoms with Crippen molar-refractivity contribution in [2.24, 2.45) is 5.92 Å². The van der Waals surface area contributed by atoms with Crippen LogP contribution in [0, 0.1) is 17.6 Å². The highest BCUT2D eigenvalue weighted by Gasteiger charge is 2.54.